The number of hydrogen-bond acceptors (Lipinski definition) is 7. The highest BCUT2D eigenvalue weighted by molar-refractivity contribution is 5.94. The predicted molar refractivity (Wildman–Crippen MR) is 119 cm³/mol. The Morgan fingerprint density at radius 3 is 2.35 bits per heavy atom. The second-order valence-electron chi connectivity index (χ2n) is 7.39. The lowest BCUT2D eigenvalue weighted by Crippen LogP contribution is -2.53. The van der Waals surface area contributed by atoms with Crippen LogP contribution in [0.15, 0.2) is 36.4 Å². The minimum Gasteiger partial charge on any atom is -0.497 e. The number of rotatable bonds is 7. The number of anilines is 2. The van der Waals surface area contributed by atoms with Gasteiger partial charge in [0.05, 0.1) is 39.1 Å². The van der Waals surface area contributed by atoms with Gasteiger partial charge in [-0.15, -0.1) is 0 Å². The molecule has 0 unspecified atom stereocenters. The van der Waals surface area contributed by atoms with E-state index in [0.29, 0.717) is 22.7 Å². The highest BCUT2D eigenvalue weighted by Gasteiger charge is 2.25. The van der Waals surface area contributed by atoms with E-state index in [2.05, 4.69) is 40.2 Å². The molecule has 1 fully saturated rings. The maximum atomic E-state index is 12.7. The monoisotopic (exact) mass is 424 g/mol. The number of piperazine rings is 1. The van der Waals surface area contributed by atoms with Crippen LogP contribution in [0.3, 0.4) is 0 Å². The van der Waals surface area contributed by atoms with Crippen LogP contribution in [0, 0.1) is 11.3 Å². The molecule has 0 spiro atoms. The SMILES string of the molecule is COc1ccc(N2CCN(CC(=O)Nc3cc(OC)c(OC)cc3C#N)C[C@@H]2C)cc1. The van der Waals surface area contributed by atoms with Gasteiger partial charge in [0.25, 0.3) is 0 Å². The van der Waals surface area contributed by atoms with Crippen molar-refractivity contribution in [3.63, 3.8) is 0 Å². The molecule has 3 rings (SSSR count). The van der Waals surface area contributed by atoms with Gasteiger partial charge in [-0.25, -0.2) is 0 Å². The summed E-state index contributed by atoms with van der Waals surface area (Å²) in [7, 11) is 4.67. The second kappa shape index (κ2) is 10.0. The lowest BCUT2D eigenvalue weighted by Gasteiger charge is -2.41. The van der Waals surface area contributed by atoms with E-state index >= 15 is 0 Å². The first-order valence-corrected chi connectivity index (χ1v) is 10.1. The zero-order valence-corrected chi connectivity index (χ0v) is 18.3. The van der Waals surface area contributed by atoms with Crippen molar-refractivity contribution in [2.75, 3.05) is 57.7 Å². The number of nitrogens with one attached hydrogen (secondary N) is 1. The standard InChI is InChI=1S/C23H28N4O4/c1-16-14-26(9-10-27(16)18-5-7-19(29-2)8-6-18)15-23(28)25-20-12-22(31-4)21(30-3)11-17(20)13-24/h5-8,11-12,16H,9-10,14-15H2,1-4H3,(H,25,28)/t16-/m0/s1. The summed E-state index contributed by atoms with van der Waals surface area (Å²) < 4.78 is 15.7. The van der Waals surface area contributed by atoms with E-state index in [9.17, 15) is 10.1 Å². The number of carbonyl (C=O) groups is 1. The molecule has 0 aromatic heterocycles. The van der Waals surface area contributed by atoms with Crippen molar-refractivity contribution >= 4 is 17.3 Å². The number of nitrogens with zero attached hydrogens (tertiary/aromatic N) is 3. The molecule has 0 bridgehead atoms. The molecule has 1 saturated heterocycles. The maximum absolute atomic E-state index is 12.7. The van der Waals surface area contributed by atoms with Crippen molar-refractivity contribution in [3.05, 3.63) is 42.0 Å². The number of ether oxygens (including phenoxy) is 3. The van der Waals surface area contributed by atoms with Crippen LogP contribution in [0.5, 0.6) is 17.2 Å². The average molecular weight is 425 g/mol. The topological polar surface area (TPSA) is 87.1 Å². The first kappa shape index (κ1) is 22.2. The smallest absolute Gasteiger partial charge is 0.238 e. The fourth-order valence-electron chi connectivity index (χ4n) is 3.80. The van der Waals surface area contributed by atoms with Crippen LogP contribution in [0.4, 0.5) is 11.4 Å². The number of benzene rings is 2. The molecule has 0 saturated carbocycles. The van der Waals surface area contributed by atoms with Crippen LogP contribution in [0.1, 0.15) is 12.5 Å². The predicted octanol–water partition coefficient (Wildman–Crippen LogP) is 2.73. The quantitative estimate of drug-likeness (QED) is 0.731. The molecule has 0 radical (unpaired) electrons. The fraction of sp³-hybridized carbons (Fsp3) is 0.391. The number of methoxy groups -OCH3 is 3. The molecule has 31 heavy (non-hydrogen) atoms. The maximum Gasteiger partial charge on any atom is 0.238 e. The van der Waals surface area contributed by atoms with Crippen molar-refractivity contribution in [3.8, 4) is 23.3 Å². The molecule has 1 atom stereocenters. The normalized spacial score (nSPS) is 16.4. The molecule has 1 aliphatic heterocycles. The summed E-state index contributed by atoms with van der Waals surface area (Å²) in [5, 5.41) is 12.3. The van der Waals surface area contributed by atoms with E-state index in [1.54, 1.807) is 19.2 Å². The molecule has 8 heteroatoms. The van der Waals surface area contributed by atoms with Crippen molar-refractivity contribution < 1.29 is 19.0 Å². The van der Waals surface area contributed by atoms with E-state index in [1.807, 2.05) is 12.1 Å². The van der Waals surface area contributed by atoms with Gasteiger partial charge in [-0.2, -0.15) is 5.26 Å². The zero-order chi connectivity index (χ0) is 22.4. The van der Waals surface area contributed by atoms with Gasteiger partial charge in [0.15, 0.2) is 11.5 Å². The molecule has 2 aromatic carbocycles. The van der Waals surface area contributed by atoms with E-state index in [4.69, 9.17) is 14.2 Å². The van der Waals surface area contributed by atoms with E-state index < -0.39 is 0 Å². The highest BCUT2D eigenvalue weighted by atomic mass is 16.5. The minimum absolute atomic E-state index is 0.172. The Kier molecular flexibility index (Phi) is 7.21. The van der Waals surface area contributed by atoms with Crippen molar-refractivity contribution in [1.82, 2.24) is 4.90 Å². The van der Waals surface area contributed by atoms with Crippen LogP contribution in [-0.4, -0.2) is 64.4 Å². The Bertz CT molecular complexity index is 955. The number of nitriles is 1. The third-order valence-electron chi connectivity index (χ3n) is 5.40. The molecule has 0 aliphatic carbocycles. The van der Waals surface area contributed by atoms with Gasteiger partial charge in [0.1, 0.15) is 11.8 Å². The van der Waals surface area contributed by atoms with Crippen LogP contribution >= 0.6 is 0 Å². The Labute approximate surface area is 182 Å². The number of hydrogen-bond donors (Lipinski definition) is 1. The molecular weight excluding hydrogens is 396 g/mol. The number of carbonyl (C=O) groups excluding carboxylic acids is 1. The number of amides is 1. The summed E-state index contributed by atoms with van der Waals surface area (Å²) in [4.78, 5) is 17.1. The Morgan fingerprint density at radius 2 is 1.77 bits per heavy atom. The van der Waals surface area contributed by atoms with Crippen molar-refractivity contribution in [2.45, 2.75) is 13.0 Å². The Hall–Kier alpha value is -3.44. The summed E-state index contributed by atoms with van der Waals surface area (Å²) in [5.41, 5.74) is 1.88. The molecular formula is C23H28N4O4. The molecule has 2 aromatic rings. The van der Waals surface area contributed by atoms with Crippen LogP contribution < -0.4 is 24.4 Å². The lowest BCUT2D eigenvalue weighted by molar-refractivity contribution is -0.117. The average Bonchev–Trinajstić information content (AvgIpc) is 2.79. The molecule has 1 amide bonds. The lowest BCUT2D eigenvalue weighted by atomic mass is 10.1. The summed E-state index contributed by atoms with van der Waals surface area (Å²) in [6.45, 7) is 4.74. The summed E-state index contributed by atoms with van der Waals surface area (Å²) in [5.74, 6) is 1.56. The van der Waals surface area contributed by atoms with Gasteiger partial charge in [-0.3, -0.25) is 9.69 Å². The fourth-order valence-corrected chi connectivity index (χ4v) is 3.80. The van der Waals surface area contributed by atoms with Gasteiger partial charge in [-0.05, 0) is 31.2 Å². The van der Waals surface area contributed by atoms with E-state index in [0.717, 1.165) is 31.1 Å². The van der Waals surface area contributed by atoms with Gasteiger partial charge >= 0.3 is 0 Å². The molecule has 8 nitrogen and oxygen atoms in total. The van der Waals surface area contributed by atoms with Gasteiger partial charge in [0.2, 0.25) is 5.91 Å². The summed E-state index contributed by atoms with van der Waals surface area (Å²) in [6.07, 6.45) is 0. The van der Waals surface area contributed by atoms with Crippen LogP contribution in [0.2, 0.25) is 0 Å². The van der Waals surface area contributed by atoms with Crippen LogP contribution in [0.25, 0.3) is 0 Å². The van der Waals surface area contributed by atoms with Crippen LogP contribution in [-0.2, 0) is 4.79 Å². The first-order chi connectivity index (χ1) is 15.0. The molecule has 1 N–H and O–H groups in total. The Morgan fingerprint density at radius 1 is 1.10 bits per heavy atom. The third-order valence-corrected chi connectivity index (χ3v) is 5.40. The highest BCUT2D eigenvalue weighted by Crippen LogP contribution is 2.33. The molecule has 1 aliphatic rings. The first-order valence-electron chi connectivity index (χ1n) is 10.1. The molecule has 164 valence electrons. The third kappa shape index (κ3) is 5.19. The van der Waals surface area contributed by atoms with Gasteiger partial charge in [-0.1, -0.05) is 0 Å². The summed E-state index contributed by atoms with van der Waals surface area (Å²) in [6, 6.07) is 13.5. The van der Waals surface area contributed by atoms with E-state index in [1.165, 1.54) is 14.2 Å². The largest absolute Gasteiger partial charge is 0.497 e. The van der Waals surface area contributed by atoms with Gasteiger partial charge < -0.3 is 24.4 Å². The van der Waals surface area contributed by atoms with Crippen molar-refractivity contribution in [2.24, 2.45) is 0 Å². The Balaban J connectivity index is 1.61. The second-order valence-corrected chi connectivity index (χ2v) is 7.39. The summed E-state index contributed by atoms with van der Waals surface area (Å²) >= 11 is 0. The zero-order valence-electron chi connectivity index (χ0n) is 18.3. The minimum atomic E-state index is -0.172. The van der Waals surface area contributed by atoms with Gasteiger partial charge in [0, 0.05) is 43.5 Å². The van der Waals surface area contributed by atoms with E-state index in [-0.39, 0.29) is 18.5 Å². The molecule has 1 heterocycles. The van der Waals surface area contributed by atoms with Crippen molar-refractivity contribution in [1.29, 1.82) is 5.26 Å².